The van der Waals surface area contributed by atoms with Crippen molar-refractivity contribution in [2.24, 2.45) is 7.05 Å². The monoisotopic (exact) mass is 379 g/mol. The first-order chi connectivity index (χ1) is 13.5. The summed E-state index contributed by atoms with van der Waals surface area (Å²) in [6.45, 7) is 0. The Morgan fingerprint density at radius 2 is 1.93 bits per heavy atom. The van der Waals surface area contributed by atoms with E-state index >= 15 is 0 Å². The molecule has 5 rings (SSSR count). The topological polar surface area (TPSA) is 66.8 Å². The van der Waals surface area contributed by atoms with Gasteiger partial charge in [-0.2, -0.15) is 5.10 Å². The number of amides is 1. The van der Waals surface area contributed by atoms with E-state index in [0.29, 0.717) is 16.8 Å². The summed E-state index contributed by atoms with van der Waals surface area (Å²) in [5, 5.41) is 4.03. The Labute approximate surface area is 158 Å². The molecule has 0 aliphatic carbocycles. The number of aromatic nitrogens is 4. The Balaban J connectivity index is 1.54. The molecule has 6 nitrogen and oxygen atoms in total. The van der Waals surface area contributed by atoms with E-state index in [2.05, 4.69) is 15.1 Å². The highest BCUT2D eigenvalue weighted by atomic mass is 19.1. The van der Waals surface area contributed by atoms with Gasteiger partial charge in [0.15, 0.2) is 0 Å². The first kappa shape index (κ1) is 16.6. The number of β-lactam (4-membered cyclic amide) rings is 1. The minimum absolute atomic E-state index is 0.0566. The number of nitrogens with one attached hydrogen (secondary N) is 1. The lowest BCUT2D eigenvalue weighted by molar-refractivity contribution is -0.124. The maximum atomic E-state index is 14.9. The number of hydrogen-bond acceptors (Lipinski definition) is 3. The number of fused-ring (bicyclic) bond motifs is 1. The summed E-state index contributed by atoms with van der Waals surface area (Å²) in [5.74, 6) is -1.54. The Morgan fingerprint density at radius 3 is 2.61 bits per heavy atom. The Kier molecular flexibility index (Phi) is 3.55. The molecule has 1 unspecified atom stereocenters. The van der Waals surface area contributed by atoms with E-state index in [0.717, 1.165) is 11.0 Å². The zero-order valence-electron chi connectivity index (χ0n) is 14.9. The second-order valence-corrected chi connectivity index (χ2v) is 6.84. The van der Waals surface area contributed by atoms with Crippen molar-refractivity contribution in [2.45, 2.75) is 12.5 Å². The van der Waals surface area contributed by atoms with E-state index in [1.54, 1.807) is 48.6 Å². The lowest BCUT2D eigenvalue weighted by Gasteiger charge is -2.41. The van der Waals surface area contributed by atoms with Gasteiger partial charge in [-0.1, -0.05) is 0 Å². The number of hydrogen-bond donors (Lipinski definition) is 1. The summed E-state index contributed by atoms with van der Waals surface area (Å²) in [5.41, 5.74) is 3.02. The molecule has 1 atom stereocenters. The number of halogens is 2. The predicted molar refractivity (Wildman–Crippen MR) is 99.5 cm³/mol. The van der Waals surface area contributed by atoms with Crippen LogP contribution in [0.4, 0.5) is 14.5 Å². The van der Waals surface area contributed by atoms with Crippen LogP contribution in [0.15, 0.2) is 49.1 Å². The fraction of sp³-hybridized carbons (Fsp3) is 0.150. The van der Waals surface area contributed by atoms with E-state index in [1.165, 1.54) is 17.0 Å². The van der Waals surface area contributed by atoms with Crippen molar-refractivity contribution in [1.82, 2.24) is 19.7 Å². The molecule has 3 heterocycles. The first-order valence-electron chi connectivity index (χ1n) is 8.74. The van der Waals surface area contributed by atoms with Gasteiger partial charge >= 0.3 is 0 Å². The van der Waals surface area contributed by atoms with E-state index < -0.39 is 17.7 Å². The van der Waals surface area contributed by atoms with Crippen LogP contribution in [0.1, 0.15) is 18.0 Å². The zero-order chi connectivity index (χ0) is 19.4. The van der Waals surface area contributed by atoms with Crippen molar-refractivity contribution in [3.05, 3.63) is 66.3 Å². The maximum absolute atomic E-state index is 14.9. The molecule has 1 saturated heterocycles. The lowest BCUT2D eigenvalue weighted by Crippen LogP contribution is -2.47. The number of rotatable bonds is 3. The van der Waals surface area contributed by atoms with Gasteiger partial charge in [0, 0.05) is 30.1 Å². The van der Waals surface area contributed by atoms with Crippen LogP contribution in [0.3, 0.4) is 0 Å². The van der Waals surface area contributed by atoms with Gasteiger partial charge in [-0.3, -0.25) is 9.48 Å². The number of aryl methyl sites for hydroxylation is 1. The van der Waals surface area contributed by atoms with Gasteiger partial charge in [-0.25, -0.2) is 13.8 Å². The van der Waals surface area contributed by atoms with E-state index in [9.17, 15) is 13.6 Å². The van der Waals surface area contributed by atoms with Crippen LogP contribution in [0.25, 0.3) is 22.2 Å². The van der Waals surface area contributed by atoms with Gasteiger partial charge in [0.2, 0.25) is 5.91 Å². The third kappa shape index (κ3) is 2.49. The molecule has 0 bridgehead atoms. The molecule has 8 heteroatoms. The molecular weight excluding hydrogens is 364 g/mol. The van der Waals surface area contributed by atoms with Gasteiger partial charge in [0.25, 0.3) is 0 Å². The van der Waals surface area contributed by atoms with Crippen molar-refractivity contribution in [3.63, 3.8) is 0 Å². The van der Waals surface area contributed by atoms with Crippen LogP contribution >= 0.6 is 0 Å². The molecule has 1 N–H and O–H groups in total. The molecule has 0 saturated carbocycles. The molecule has 0 radical (unpaired) electrons. The van der Waals surface area contributed by atoms with Crippen molar-refractivity contribution in [2.75, 3.05) is 4.90 Å². The summed E-state index contributed by atoms with van der Waals surface area (Å²) in [7, 11) is 1.74. The maximum Gasteiger partial charge on any atom is 0.230 e. The number of H-pyrrole nitrogens is 1. The molecule has 140 valence electrons. The van der Waals surface area contributed by atoms with Gasteiger partial charge in [-0.15, -0.1) is 0 Å². The van der Waals surface area contributed by atoms with Crippen molar-refractivity contribution in [3.8, 4) is 11.1 Å². The minimum atomic E-state index is -0.684. The zero-order valence-corrected chi connectivity index (χ0v) is 14.9. The van der Waals surface area contributed by atoms with E-state index in [1.807, 2.05) is 0 Å². The highest BCUT2D eigenvalue weighted by Crippen LogP contribution is 2.42. The SMILES string of the molecule is Cn1cc(-c2cc(F)c(C3CC(=O)N3c3ccc4nc[nH]c4c3)c(F)c2)cn1. The van der Waals surface area contributed by atoms with Crippen LogP contribution in [-0.4, -0.2) is 25.7 Å². The van der Waals surface area contributed by atoms with Crippen molar-refractivity contribution in [1.29, 1.82) is 0 Å². The molecule has 0 spiro atoms. The number of carbonyl (C=O) groups excluding carboxylic acids is 1. The third-order valence-corrected chi connectivity index (χ3v) is 5.08. The molecule has 1 fully saturated rings. The number of imidazole rings is 1. The first-order valence-corrected chi connectivity index (χ1v) is 8.74. The standard InChI is InChI=1S/C20H15F2N5O/c1-26-9-12(8-25-26)11-4-14(21)20(15(22)5-11)18-7-19(28)27(18)13-2-3-16-17(6-13)24-10-23-16/h2-6,8-10,18H,7H2,1H3,(H,23,24). The van der Waals surface area contributed by atoms with Crippen LogP contribution in [0.2, 0.25) is 0 Å². The Morgan fingerprint density at radius 1 is 1.14 bits per heavy atom. The second-order valence-electron chi connectivity index (χ2n) is 6.84. The van der Waals surface area contributed by atoms with E-state index in [4.69, 9.17) is 0 Å². The Hall–Kier alpha value is -3.55. The average Bonchev–Trinajstić information content (AvgIpc) is 3.28. The summed E-state index contributed by atoms with van der Waals surface area (Å²) < 4.78 is 31.3. The highest BCUT2D eigenvalue weighted by molar-refractivity contribution is 6.02. The predicted octanol–water partition coefficient (Wildman–Crippen LogP) is 3.72. The minimum Gasteiger partial charge on any atom is -0.345 e. The Bertz CT molecular complexity index is 1210. The number of benzene rings is 2. The third-order valence-electron chi connectivity index (χ3n) is 5.08. The number of nitrogens with zero attached hydrogens (tertiary/aromatic N) is 4. The largest absolute Gasteiger partial charge is 0.345 e. The smallest absolute Gasteiger partial charge is 0.230 e. The van der Waals surface area contributed by atoms with E-state index in [-0.39, 0.29) is 17.9 Å². The highest BCUT2D eigenvalue weighted by Gasteiger charge is 2.41. The van der Waals surface area contributed by atoms with Crippen molar-refractivity contribution >= 4 is 22.6 Å². The van der Waals surface area contributed by atoms with Gasteiger partial charge in [0.1, 0.15) is 11.6 Å². The summed E-state index contributed by atoms with van der Waals surface area (Å²) in [4.78, 5) is 20.8. The average molecular weight is 379 g/mol. The van der Waals surface area contributed by atoms with Crippen molar-refractivity contribution < 1.29 is 13.6 Å². The second kappa shape index (κ2) is 5.98. The number of aromatic amines is 1. The summed E-state index contributed by atoms with van der Waals surface area (Å²) >= 11 is 0. The molecule has 2 aromatic heterocycles. The number of anilines is 1. The normalized spacial score (nSPS) is 16.6. The fourth-order valence-corrected chi connectivity index (χ4v) is 3.68. The molecule has 2 aromatic carbocycles. The van der Waals surface area contributed by atoms with Gasteiger partial charge in [-0.05, 0) is 35.9 Å². The molecule has 1 aliphatic rings. The molecule has 28 heavy (non-hydrogen) atoms. The lowest BCUT2D eigenvalue weighted by atomic mass is 9.90. The van der Waals surface area contributed by atoms with Crippen LogP contribution in [0, 0.1) is 11.6 Å². The summed E-state index contributed by atoms with van der Waals surface area (Å²) in [6.07, 6.45) is 4.85. The van der Waals surface area contributed by atoms with Gasteiger partial charge < -0.3 is 9.88 Å². The summed E-state index contributed by atoms with van der Waals surface area (Å²) in [6, 6.07) is 7.14. The molecule has 1 aliphatic heterocycles. The quantitative estimate of drug-likeness (QED) is 0.552. The van der Waals surface area contributed by atoms with Crippen LogP contribution in [0.5, 0.6) is 0 Å². The van der Waals surface area contributed by atoms with Gasteiger partial charge in [0.05, 0.1) is 36.0 Å². The van der Waals surface area contributed by atoms with Crippen LogP contribution < -0.4 is 4.90 Å². The fourth-order valence-electron chi connectivity index (χ4n) is 3.68. The molecule has 1 amide bonds. The van der Waals surface area contributed by atoms with Crippen LogP contribution in [-0.2, 0) is 11.8 Å². The molecule has 4 aromatic rings. The number of carbonyl (C=O) groups is 1. The molecular formula is C20H15F2N5O.